The smallest absolute Gasteiger partial charge is 0.137 e. The third kappa shape index (κ3) is 2.93. The number of likely N-dealkylation sites (N-methyl/N-ethyl adjacent to an activating group) is 1. The van der Waals surface area contributed by atoms with Crippen LogP contribution in [-0.4, -0.2) is 41.0 Å². The molecule has 2 rings (SSSR count). The van der Waals surface area contributed by atoms with E-state index in [4.69, 9.17) is 11.6 Å². The predicted molar refractivity (Wildman–Crippen MR) is 75.3 cm³/mol. The fourth-order valence-corrected chi connectivity index (χ4v) is 2.50. The minimum atomic E-state index is 0.559. The molecule has 0 radical (unpaired) electrons. The Morgan fingerprint density at radius 3 is 2.83 bits per heavy atom. The van der Waals surface area contributed by atoms with Crippen LogP contribution in [0.4, 0.5) is 5.82 Å². The van der Waals surface area contributed by atoms with Crippen molar-refractivity contribution in [2.45, 2.75) is 39.2 Å². The maximum atomic E-state index is 6.12. The number of aromatic nitrogens is 2. The second-order valence-corrected chi connectivity index (χ2v) is 5.27. The molecule has 1 aliphatic heterocycles. The average Bonchev–Trinajstić information content (AvgIpc) is 2.76. The molecule has 1 N–H and O–H groups in total. The lowest BCUT2D eigenvalue weighted by Gasteiger charge is -2.20. The monoisotopic (exact) mass is 268 g/mol. The van der Waals surface area contributed by atoms with Gasteiger partial charge >= 0.3 is 0 Å². The Morgan fingerprint density at radius 1 is 1.44 bits per heavy atom. The lowest BCUT2D eigenvalue weighted by molar-refractivity contribution is 0.322. The first-order chi connectivity index (χ1) is 8.61. The molecule has 0 amide bonds. The Balaban J connectivity index is 2.06. The fourth-order valence-electron chi connectivity index (χ4n) is 2.31. The summed E-state index contributed by atoms with van der Waals surface area (Å²) in [5, 5.41) is 3.98. The van der Waals surface area contributed by atoms with E-state index < -0.39 is 0 Å². The number of nitrogens with one attached hydrogen (secondary N) is 1. The van der Waals surface area contributed by atoms with Gasteiger partial charge in [0, 0.05) is 24.6 Å². The van der Waals surface area contributed by atoms with Crippen molar-refractivity contribution in [2.75, 3.05) is 25.5 Å². The van der Waals surface area contributed by atoms with Gasteiger partial charge in [0.1, 0.15) is 16.8 Å². The van der Waals surface area contributed by atoms with Crippen molar-refractivity contribution in [2.24, 2.45) is 0 Å². The SMILES string of the molecule is CCc1nc(Cl)c(C)c(NCC2CCCN2C)n1. The largest absolute Gasteiger partial charge is 0.368 e. The van der Waals surface area contributed by atoms with Crippen LogP contribution in [0, 0.1) is 6.92 Å². The first-order valence-corrected chi connectivity index (χ1v) is 6.96. The fraction of sp³-hybridized carbons (Fsp3) is 0.692. The van der Waals surface area contributed by atoms with Gasteiger partial charge < -0.3 is 10.2 Å². The number of rotatable bonds is 4. The number of anilines is 1. The molecule has 0 aromatic carbocycles. The normalized spacial score (nSPS) is 20.3. The van der Waals surface area contributed by atoms with Crippen LogP contribution in [0.1, 0.15) is 31.2 Å². The summed E-state index contributed by atoms with van der Waals surface area (Å²) in [6, 6.07) is 0.600. The van der Waals surface area contributed by atoms with E-state index in [1.165, 1.54) is 19.4 Å². The molecule has 1 aromatic rings. The summed E-state index contributed by atoms with van der Waals surface area (Å²) in [5.41, 5.74) is 0.939. The second-order valence-electron chi connectivity index (χ2n) is 4.92. The van der Waals surface area contributed by atoms with Crippen molar-refractivity contribution in [3.8, 4) is 0 Å². The third-order valence-corrected chi connectivity index (χ3v) is 3.99. The number of hydrogen-bond donors (Lipinski definition) is 1. The molecule has 18 heavy (non-hydrogen) atoms. The Hall–Kier alpha value is -0.870. The molecule has 1 saturated heterocycles. The summed E-state index contributed by atoms with van der Waals surface area (Å²) >= 11 is 6.12. The van der Waals surface area contributed by atoms with Gasteiger partial charge in [0.05, 0.1) is 0 Å². The van der Waals surface area contributed by atoms with Gasteiger partial charge in [-0.2, -0.15) is 0 Å². The third-order valence-electron chi connectivity index (χ3n) is 3.63. The van der Waals surface area contributed by atoms with Gasteiger partial charge in [-0.15, -0.1) is 0 Å². The van der Waals surface area contributed by atoms with Crippen LogP contribution in [-0.2, 0) is 6.42 Å². The predicted octanol–water partition coefficient (Wildman–Crippen LogP) is 2.51. The molecule has 0 aliphatic carbocycles. The molecule has 0 saturated carbocycles. The maximum absolute atomic E-state index is 6.12. The van der Waals surface area contributed by atoms with E-state index in [-0.39, 0.29) is 0 Å². The van der Waals surface area contributed by atoms with Crippen molar-refractivity contribution in [1.29, 1.82) is 0 Å². The van der Waals surface area contributed by atoms with E-state index >= 15 is 0 Å². The molecule has 0 spiro atoms. The van der Waals surface area contributed by atoms with Crippen molar-refractivity contribution in [3.05, 3.63) is 16.5 Å². The van der Waals surface area contributed by atoms with Gasteiger partial charge in [0.2, 0.25) is 0 Å². The van der Waals surface area contributed by atoms with Gasteiger partial charge in [-0.1, -0.05) is 18.5 Å². The molecule has 1 atom stereocenters. The van der Waals surface area contributed by atoms with Gasteiger partial charge in [0.25, 0.3) is 0 Å². The lowest BCUT2D eigenvalue weighted by Crippen LogP contribution is -2.32. The Bertz CT molecular complexity index is 422. The highest BCUT2D eigenvalue weighted by Gasteiger charge is 2.21. The molecular weight excluding hydrogens is 248 g/mol. The molecule has 1 unspecified atom stereocenters. The second kappa shape index (κ2) is 5.85. The summed E-state index contributed by atoms with van der Waals surface area (Å²) < 4.78 is 0. The molecule has 0 bridgehead atoms. The maximum Gasteiger partial charge on any atom is 0.137 e. The molecular formula is C13H21ClN4. The van der Waals surface area contributed by atoms with E-state index in [1.807, 2.05) is 13.8 Å². The molecule has 4 nitrogen and oxygen atoms in total. The Labute approximate surface area is 114 Å². The van der Waals surface area contributed by atoms with Crippen LogP contribution >= 0.6 is 11.6 Å². The topological polar surface area (TPSA) is 41.1 Å². The van der Waals surface area contributed by atoms with E-state index in [9.17, 15) is 0 Å². The average molecular weight is 269 g/mol. The van der Waals surface area contributed by atoms with Gasteiger partial charge in [-0.3, -0.25) is 0 Å². The Kier molecular flexibility index (Phi) is 4.40. The van der Waals surface area contributed by atoms with Crippen molar-refractivity contribution >= 4 is 17.4 Å². The van der Waals surface area contributed by atoms with Gasteiger partial charge in [-0.05, 0) is 33.4 Å². The molecule has 1 aliphatic rings. The van der Waals surface area contributed by atoms with Crippen LogP contribution in [0.25, 0.3) is 0 Å². The number of likely N-dealkylation sites (tertiary alicyclic amines) is 1. The molecule has 100 valence electrons. The zero-order chi connectivity index (χ0) is 13.1. The highest BCUT2D eigenvalue weighted by molar-refractivity contribution is 6.30. The first-order valence-electron chi connectivity index (χ1n) is 6.59. The van der Waals surface area contributed by atoms with E-state index in [0.29, 0.717) is 11.2 Å². The first kappa shape index (κ1) is 13.6. The van der Waals surface area contributed by atoms with Crippen molar-refractivity contribution in [3.63, 3.8) is 0 Å². The van der Waals surface area contributed by atoms with Crippen LogP contribution in [0.3, 0.4) is 0 Å². The summed E-state index contributed by atoms with van der Waals surface area (Å²) in [7, 11) is 2.18. The number of halogens is 1. The molecule has 2 heterocycles. The van der Waals surface area contributed by atoms with Crippen LogP contribution in [0.15, 0.2) is 0 Å². The van der Waals surface area contributed by atoms with Crippen molar-refractivity contribution in [1.82, 2.24) is 14.9 Å². The minimum Gasteiger partial charge on any atom is -0.368 e. The number of aryl methyl sites for hydroxylation is 1. The minimum absolute atomic E-state index is 0.559. The van der Waals surface area contributed by atoms with Gasteiger partial charge in [-0.25, -0.2) is 9.97 Å². The van der Waals surface area contributed by atoms with Gasteiger partial charge in [0.15, 0.2) is 0 Å². The van der Waals surface area contributed by atoms with Crippen LogP contribution in [0.5, 0.6) is 0 Å². The van der Waals surface area contributed by atoms with E-state index in [2.05, 4.69) is 27.2 Å². The summed E-state index contributed by atoms with van der Waals surface area (Å²) in [5.74, 6) is 1.68. The van der Waals surface area contributed by atoms with E-state index in [1.54, 1.807) is 0 Å². The molecule has 5 heteroatoms. The van der Waals surface area contributed by atoms with Crippen LogP contribution < -0.4 is 5.32 Å². The molecule has 1 fully saturated rings. The van der Waals surface area contributed by atoms with Crippen molar-refractivity contribution < 1.29 is 0 Å². The van der Waals surface area contributed by atoms with E-state index in [0.717, 1.165) is 30.2 Å². The zero-order valence-electron chi connectivity index (χ0n) is 11.3. The summed E-state index contributed by atoms with van der Waals surface area (Å²) in [6.45, 7) is 6.11. The number of hydrogen-bond acceptors (Lipinski definition) is 4. The standard InChI is InChI=1S/C13H21ClN4/c1-4-11-16-12(14)9(2)13(17-11)15-8-10-6-5-7-18(10)3/h10H,4-8H2,1-3H3,(H,15,16,17). The highest BCUT2D eigenvalue weighted by atomic mass is 35.5. The summed E-state index contributed by atoms with van der Waals surface area (Å²) in [4.78, 5) is 11.2. The number of nitrogens with zero attached hydrogens (tertiary/aromatic N) is 3. The summed E-state index contributed by atoms with van der Waals surface area (Å²) in [6.07, 6.45) is 3.34. The zero-order valence-corrected chi connectivity index (χ0v) is 12.1. The lowest BCUT2D eigenvalue weighted by atomic mass is 10.2. The Morgan fingerprint density at radius 2 is 2.22 bits per heavy atom. The molecule has 1 aromatic heterocycles. The van der Waals surface area contributed by atoms with Crippen LogP contribution in [0.2, 0.25) is 5.15 Å². The highest BCUT2D eigenvalue weighted by Crippen LogP contribution is 2.21. The quantitative estimate of drug-likeness (QED) is 0.852.